The van der Waals surface area contributed by atoms with Crippen LogP contribution >= 0.6 is 23.2 Å². The molecule has 0 bridgehead atoms. The van der Waals surface area contributed by atoms with Gasteiger partial charge < -0.3 is 20.1 Å². The third-order valence-corrected chi connectivity index (χ3v) is 3.75. The predicted molar refractivity (Wildman–Crippen MR) is 87.0 cm³/mol. The molecule has 0 aliphatic carbocycles. The molecule has 2 rings (SSSR count). The summed E-state index contributed by atoms with van der Waals surface area (Å²) in [6, 6.07) is 4.76. The topological polar surface area (TPSA) is 76.7 Å². The van der Waals surface area contributed by atoms with Crippen LogP contribution in [0, 0.1) is 0 Å². The molecule has 0 radical (unpaired) electrons. The first-order chi connectivity index (χ1) is 11.1. The molecule has 1 atom stereocenters. The number of carbonyl (C=O) groups excluding carboxylic acids is 2. The maximum absolute atomic E-state index is 11.7. The Balaban J connectivity index is 1.60. The number of ether oxygens (including phenoxy) is 2. The molecule has 1 aliphatic rings. The summed E-state index contributed by atoms with van der Waals surface area (Å²) in [5, 5.41) is 6.19. The molecule has 6 nitrogen and oxygen atoms in total. The first-order valence-electron chi connectivity index (χ1n) is 7.30. The highest BCUT2D eigenvalue weighted by Crippen LogP contribution is 2.27. The molecule has 1 aromatic rings. The minimum absolute atomic E-state index is 0.138. The van der Waals surface area contributed by atoms with E-state index in [0.717, 1.165) is 12.8 Å². The zero-order valence-electron chi connectivity index (χ0n) is 12.4. The lowest BCUT2D eigenvalue weighted by Gasteiger charge is -2.11. The van der Waals surface area contributed by atoms with Crippen molar-refractivity contribution in [2.45, 2.75) is 18.9 Å². The zero-order chi connectivity index (χ0) is 16.7. The van der Waals surface area contributed by atoms with Crippen molar-refractivity contribution < 1.29 is 19.1 Å². The SMILES string of the molecule is O=C(COc1ccc(Cl)cc1Cl)NCCNC(=O)C1CCCO1. The van der Waals surface area contributed by atoms with Gasteiger partial charge in [0.15, 0.2) is 6.61 Å². The number of benzene rings is 1. The van der Waals surface area contributed by atoms with Gasteiger partial charge in [-0.05, 0) is 31.0 Å². The van der Waals surface area contributed by atoms with Crippen LogP contribution in [0.3, 0.4) is 0 Å². The number of halogens is 2. The fourth-order valence-electron chi connectivity index (χ4n) is 2.07. The number of hydrogen-bond acceptors (Lipinski definition) is 4. The smallest absolute Gasteiger partial charge is 0.258 e. The number of rotatable bonds is 7. The molecule has 2 N–H and O–H groups in total. The van der Waals surface area contributed by atoms with Crippen LogP contribution in [0.5, 0.6) is 5.75 Å². The van der Waals surface area contributed by atoms with Crippen molar-refractivity contribution in [3.8, 4) is 5.75 Å². The Morgan fingerprint density at radius 2 is 2.04 bits per heavy atom. The highest BCUT2D eigenvalue weighted by Gasteiger charge is 2.22. The van der Waals surface area contributed by atoms with E-state index >= 15 is 0 Å². The lowest BCUT2D eigenvalue weighted by Crippen LogP contribution is -2.40. The maximum atomic E-state index is 11.7. The van der Waals surface area contributed by atoms with Crippen molar-refractivity contribution >= 4 is 35.0 Å². The summed E-state index contributed by atoms with van der Waals surface area (Å²) in [5.74, 6) is -0.0544. The Hall–Kier alpha value is -1.50. The van der Waals surface area contributed by atoms with Gasteiger partial charge in [-0.15, -0.1) is 0 Å². The van der Waals surface area contributed by atoms with Crippen molar-refractivity contribution in [3.05, 3.63) is 28.2 Å². The average molecular weight is 361 g/mol. The Labute approximate surface area is 144 Å². The van der Waals surface area contributed by atoms with Crippen LogP contribution in [-0.2, 0) is 14.3 Å². The van der Waals surface area contributed by atoms with E-state index in [9.17, 15) is 9.59 Å². The van der Waals surface area contributed by atoms with Crippen molar-refractivity contribution in [2.75, 3.05) is 26.3 Å². The maximum Gasteiger partial charge on any atom is 0.258 e. The highest BCUT2D eigenvalue weighted by atomic mass is 35.5. The minimum atomic E-state index is -0.360. The van der Waals surface area contributed by atoms with Gasteiger partial charge in [0.05, 0.1) is 5.02 Å². The number of amides is 2. The van der Waals surface area contributed by atoms with Gasteiger partial charge in [0.2, 0.25) is 5.91 Å². The molecule has 8 heteroatoms. The van der Waals surface area contributed by atoms with Gasteiger partial charge in [-0.25, -0.2) is 0 Å². The van der Waals surface area contributed by atoms with Crippen LogP contribution in [0.15, 0.2) is 18.2 Å². The van der Waals surface area contributed by atoms with E-state index in [1.54, 1.807) is 12.1 Å². The minimum Gasteiger partial charge on any atom is -0.482 e. The fraction of sp³-hybridized carbons (Fsp3) is 0.467. The predicted octanol–water partition coefficient (Wildman–Crippen LogP) is 1.78. The van der Waals surface area contributed by atoms with Gasteiger partial charge in [-0.3, -0.25) is 9.59 Å². The van der Waals surface area contributed by atoms with E-state index in [4.69, 9.17) is 32.7 Å². The van der Waals surface area contributed by atoms with E-state index in [-0.39, 0.29) is 24.5 Å². The van der Waals surface area contributed by atoms with Gasteiger partial charge in [0.25, 0.3) is 5.91 Å². The summed E-state index contributed by atoms with van der Waals surface area (Å²) >= 11 is 11.7. The average Bonchev–Trinajstić information content (AvgIpc) is 3.05. The van der Waals surface area contributed by atoms with Crippen LogP contribution in [-0.4, -0.2) is 44.2 Å². The quantitative estimate of drug-likeness (QED) is 0.726. The normalized spacial score (nSPS) is 16.9. The Bertz CT molecular complexity index is 562. The molecule has 1 fully saturated rings. The summed E-state index contributed by atoms with van der Waals surface area (Å²) in [6.07, 6.45) is 1.29. The van der Waals surface area contributed by atoms with Crippen molar-refractivity contribution in [1.82, 2.24) is 10.6 Å². The molecule has 1 unspecified atom stereocenters. The second-order valence-electron chi connectivity index (χ2n) is 5.01. The van der Waals surface area contributed by atoms with Crippen molar-refractivity contribution in [3.63, 3.8) is 0 Å². The number of nitrogens with one attached hydrogen (secondary N) is 2. The third kappa shape index (κ3) is 5.89. The zero-order valence-corrected chi connectivity index (χ0v) is 14.0. The monoisotopic (exact) mass is 360 g/mol. The van der Waals surface area contributed by atoms with Gasteiger partial charge >= 0.3 is 0 Å². The Morgan fingerprint density at radius 1 is 1.26 bits per heavy atom. The summed E-state index contributed by atoms with van der Waals surface area (Å²) in [6.45, 7) is 1.11. The van der Waals surface area contributed by atoms with Crippen LogP contribution in [0.4, 0.5) is 0 Å². The largest absolute Gasteiger partial charge is 0.482 e. The van der Waals surface area contributed by atoms with Gasteiger partial charge in [0, 0.05) is 24.7 Å². The van der Waals surface area contributed by atoms with Crippen LogP contribution < -0.4 is 15.4 Å². The molecular formula is C15H18Cl2N2O4. The molecule has 1 saturated heterocycles. The van der Waals surface area contributed by atoms with E-state index in [2.05, 4.69) is 10.6 Å². The third-order valence-electron chi connectivity index (χ3n) is 3.22. The molecule has 0 aromatic heterocycles. The van der Waals surface area contributed by atoms with Crippen LogP contribution in [0.1, 0.15) is 12.8 Å². The molecule has 1 aromatic carbocycles. The van der Waals surface area contributed by atoms with E-state index in [1.807, 2.05) is 0 Å². The lowest BCUT2D eigenvalue weighted by molar-refractivity contribution is -0.130. The molecule has 1 heterocycles. The van der Waals surface area contributed by atoms with E-state index in [1.165, 1.54) is 6.07 Å². The van der Waals surface area contributed by atoms with E-state index in [0.29, 0.717) is 35.5 Å². The Morgan fingerprint density at radius 3 is 2.74 bits per heavy atom. The molecular weight excluding hydrogens is 343 g/mol. The second-order valence-corrected chi connectivity index (χ2v) is 5.85. The van der Waals surface area contributed by atoms with Gasteiger partial charge in [-0.2, -0.15) is 0 Å². The van der Waals surface area contributed by atoms with Crippen LogP contribution in [0.2, 0.25) is 10.0 Å². The Kier molecular flexibility index (Phi) is 6.95. The lowest BCUT2D eigenvalue weighted by atomic mass is 10.2. The molecule has 0 spiro atoms. The van der Waals surface area contributed by atoms with Gasteiger partial charge in [-0.1, -0.05) is 23.2 Å². The van der Waals surface area contributed by atoms with E-state index < -0.39 is 0 Å². The molecule has 0 saturated carbocycles. The van der Waals surface area contributed by atoms with Crippen molar-refractivity contribution in [1.29, 1.82) is 0 Å². The van der Waals surface area contributed by atoms with Crippen LogP contribution in [0.25, 0.3) is 0 Å². The number of carbonyl (C=O) groups is 2. The summed E-state index contributed by atoms with van der Waals surface area (Å²) in [7, 11) is 0. The summed E-state index contributed by atoms with van der Waals surface area (Å²) in [4.78, 5) is 23.3. The standard InChI is InChI=1S/C15H18Cl2N2O4/c16-10-3-4-12(11(17)8-10)23-9-14(20)18-5-6-19-15(21)13-2-1-7-22-13/h3-4,8,13H,1-2,5-7,9H2,(H,18,20)(H,19,21). The molecule has 1 aliphatic heterocycles. The second kappa shape index (κ2) is 8.96. The first-order valence-corrected chi connectivity index (χ1v) is 8.05. The highest BCUT2D eigenvalue weighted by molar-refractivity contribution is 6.35. The summed E-state index contributed by atoms with van der Waals surface area (Å²) < 4.78 is 10.6. The number of hydrogen-bond donors (Lipinski definition) is 2. The summed E-state index contributed by atoms with van der Waals surface area (Å²) in [5.41, 5.74) is 0. The fourth-order valence-corrected chi connectivity index (χ4v) is 2.54. The molecule has 23 heavy (non-hydrogen) atoms. The van der Waals surface area contributed by atoms with Gasteiger partial charge in [0.1, 0.15) is 11.9 Å². The molecule has 2 amide bonds. The molecule has 126 valence electrons. The first kappa shape index (κ1) is 17.8. The van der Waals surface area contributed by atoms with Crippen molar-refractivity contribution in [2.24, 2.45) is 0 Å².